The van der Waals surface area contributed by atoms with Crippen LogP contribution in [-0.4, -0.2) is 37.8 Å². The van der Waals surface area contributed by atoms with Gasteiger partial charge in [0.2, 0.25) is 5.91 Å². The SMILES string of the molecule is CN(C)c1ccc(CCC(=O)NCC2CC(O)C2)cc1. The van der Waals surface area contributed by atoms with Crippen molar-refractivity contribution in [2.45, 2.75) is 31.8 Å². The lowest BCUT2D eigenvalue weighted by Gasteiger charge is -2.31. The number of carbonyl (C=O) groups excluding carboxylic acids is 1. The monoisotopic (exact) mass is 276 g/mol. The van der Waals surface area contributed by atoms with Crippen LogP contribution in [0, 0.1) is 5.92 Å². The van der Waals surface area contributed by atoms with Crippen LogP contribution in [0.4, 0.5) is 5.69 Å². The third-order valence-corrected chi connectivity index (χ3v) is 3.89. The Morgan fingerprint density at radius 3 is 2.50 bits per heavy atom. The fourth-order valence-electron chi connectivity index (χ4n) is 2.43. The molecule has 0 heterocycles. The Morgan fingerprint density at radius 1 is 1.30 bits per heavy atom. The molecule has 0 aliphatic heterocycles. The zero-order chi connectivity index (χ0) is 14.5. The maximum absolute atomic E-state index is 11.7. The molecule has 1 aliphatic carbocycles. The van der Waals surface area contributed by atoms with E-state index in [1.165, 1.54) is 11.3 Å². The average molecular weight is 276 g/mol. The standard InChI is InChI=1S/C16H24N2O2/c1-18(2)14-6-3-12(4-7-14)5-8-16(20)17-11-13-9-15(19)10-13/h3-4,6-7,13,15,19H,5,8-11H2,1-2H3,(H,17,20). The topological polar surface area (TPSA) is 52.6 Å². The van der Waals surface area contributed by atoms with Crippen LogP contribution in [0.5, 0.6) is 0 Å². The number of hydrogen-bond acceptors (Lipinski definition) is 3. The summed E-state index contributed by atoms with van der Waals surface area (Å²) in [5, 5.41) is 12.1. The van der Waals surface area contributed by atoms with Crippen LogP contribution in [0.2, 0.25) is 0 Å². The Balaban J connectivity index is 1.67. The van der Waals surface area contributed by atoms with E-state index in [-0.39, 0.29) is 12.0 Å². The molecule has 1 aliphatic rings. The number of hydrogen-bond donors (Lipinski definition) is 2. The maximum atomic E-state index is 11.7. The van der Waals surface area contributed by atoms with Gasteiger partial charge >= 0.3 is 0 Å². The van der Waals surface area contributed by atoms with E-state index < -0.39 is 0 Å². The van der Waals surface area contributed by atoms with Crippen molar-refractivity contribution in [2.75, 3.05) is 25.5 Å². The fraction of sp³-hybridized carbons (Fsp3) is 0.562. The molecule has 1 aromatic carbocycles. The largest absolute Gasteiger partial charge is 0.393 e. The van der Waals surface area contributed by atoms with Crippen LogP contribution in [-0.2, 0) is 11.2 Å². The quantitative estimate of drug-likeness (QED) is 0.829. The molecule has 0 radical (unpaired) electrons. The summed E-state index contributed by atoms with van der Waals surface area (Å²) < 4.78 is 0. The maximum Gasteiger partial charge on any atom is 0.220 e. The zero-order valence-electron chi connectivity index (χ0n) is 12.3. The minimum absolute atomic E-state index is 0.100. The van der Waals surface area contributed by atoms with Crippen molar-refractivity contribution in [1.29, 1.82) is 0 Å². The second kappa shape index (κ2) is 6.75. The summed E-state index contributed by atoms with van der Waals surface area (Å²) in [7, 11) is 4.03. The Labute approximate surface area is 120 Å². The highest BCUT2D eigenvalue weighted by atomic mass is 16.3. The molecule has 1 fully saturated rings. The summed E-state index contributed by atoms with van der Waals surface area (Å²) in [6.45, 7) is 0.704. The molecule has 0 atom stereocenters. The van der Waals surface area contributed by atoms with Gasteiger partial charge in [0, 0.05) is 32.7 Å². The van der Waals surface area contributed by atoms with Crippen molar-refractivity contribution < 1.29 is 9.90 Å². The van der Waals surface area contributed by atoms with Crippen LogP contribution in [0.3, 0.4) is 0 Å². The molecule has 110 valence electrons. The number of aryl methyl sites for hydroxylation is 1. The van der Waals surface area contributed by atoms with Gasteiger partial charge in [0.1, 0.15) is 0 Å². The van der Waals surface area contributed by atoms with Crippen LogP contribution >= 0.6 is 0 Å². The first-order valence-electron chi connectivity index (χ1n) is 7.25. The van der Waals surface area contributed by atoms with Crippen molar-refractivity contribution in [1.82, 2.24) is 5.32 Å². The van der Waals surface area contributed by atoms with Gasteiger partial charge in [-0.05, 0) is 42.9 Å². The van der Waals surface area contributed by atoms with Gasteiger partial charge in [0.05, 0.1) is 6.10 Å². The van der Waals surface area contributed by atoms with Crippen molar-refractivity contribution >= 4 is 11.6 Å². The molecule has 1 amide bonds. The van der Waals surface area contributed by atoms with Crippen LogP contribution < -0.4 is 10.2 Å². The predicted molar refractivity (Wildman–Crippen MR) is 80.8 cm³/mol. The van der Waals surface area contributed by atoms with Gasteiger partial charge in [0.15, 0.2) is 0 Å². The molecule has 0 bridgehead atoms. The van der Waals surface area contributed by atoms with Crippen molar-refractivity contribution in [2.24, 2.45) is 5.92 Å². The number of carbonyl (C=O) groups is 1. The number of rotatable bonds is 6. The number of nitrogens with one attached hydrogen (secondary N) is 1. The van der Waals surface area contributed by atoms with Gasteiger partial charge in [-0.25, -0.2) is 0 Å². The summed E-state index contributed by atoms with van der Waals surface area (Å²) in [6.07, 6.45) is 2.80. The highest BCUT2D eigenvalue weighted by Gasteiger charge is 2.26. The number of anilines is 1. The third-order valence-electron chi connectivity index (χ3n) is 3.89. The molecule has 20 heavy (non-hydrogen) atoms. The van der Waals surface area contributed by atoms with Crippen LogP contribution in [0.15, 0.2) is 24.3 Å². The lowest BCUT2D eigenvalue weighted by atomic mass is 9.82. The van der Waals surface area contributed by atoms with E-state index in [0.717, 1.165) is 19.3 Å². The van der Waals surface area contributed by atoms with Gasteiger partial charge in [0.25, 0.3) is 0 Å². The lowest BCUT2D eigenvalue weighted by molar-refractivity contribution is -0.121. The number of nitrogens with zero attached hydrogens (tertiary/aromatic N) is 1. The van der Waals surface area contributed by atoms with E-state index >= 15 is 0 Å². The smallest absolute Gasteiger partial charge is 0.220 e. The summed E-state index contributed by atoms with van der Waals surface area (Å²) in [6, 6.07) is 8.29. The number of aliphatic hydroxyl groups is 1. The van der Waals surface area contributed by atoms with Crippen molar-refractivity contribution in [3.8, 4) is 0 Å². The predicted octanol–water partition coefficient (Wildman–Crippen LogP) is 1.57. The molecule has 0 saturated heterocycles. The molecule has 1 saturated carbocycles. The van der Waals surface area contributed by atoms with Gasteiger partial charge in [-0.1, -0.05) is 12.1 Å². The Morgan fingerprint density at radius 2 is 1.95 bits per heavy atom. The molecular formula is C16H24N2O2. The second-order valence-electron chi connectivity index (χ2n) is 5.86. The first-order valence-corrected chi connectivity index (χ1v) is 7.25. The third kappa shape index (κ3) is 4.23. The average Bonchev–Trinajstić information content (AvgIpc) is 2.40. The molecule has 0 aromatic heterocycles. The molecule has 0 unspecified atom stereocenters. The fourth-order valence-corrected chi connectivity index (χ4v) is 2.43. The molecule has 0 spiro atoms. The number of amides is 1. The van der Waals surface area contributed by atoms with Gasteiger partial charge < -0.3 is 15.3 Å². The Bertz CT molecular complexity index is 436. The van der Waals surface area contributed by atoms with E-state index in [2.05, 4.69) is 34.5 Å². The zero-order valence-corrected chi connectivity index (χ0v) is 12.3. The van der Waals surface area contributed by atoms with Gasteiger partial charge in [-0.2, -0.15) is 0 Å². The van der Waals surface area contributed by atoms with Crippen molar-refractivity contribution in [3.05, 3.63) is 29.8 Å². The first-order chi connectivity index (χ1) is 9.54. The van der Waals surface area contributed by atoms with Crippen molar-refractivity contribution in [3.63, 3.8) is 0 Å². The van der Waals surface area contributed by atoms with E-state index in [0.29, 0.717) is 18.9 Å². The first kappa shape index (κ1) is 14.9. The van der Waals surface area contributed by atoms with Gasteiger partial charge in [-0.15, -0.1) is 0 Å². The summed E-state index contributed by atoms with van der Waals surface area (Å²) in [5.74, 6) is 0.566. The molecule has 4 nitrogen and oxygen atoms in total. The molecule has 2 rings (SSSR count). The summed E-state index contributed by atoms with van der Waals surface area (Å²) in [4.78, 5) is 13.8. The summed E-state index contributed by atoms with van der Waals surface area (Å²) >= 11 is 0. The highest BCUT2D eigenvalue weighted by molar-refractivity contribution is 5.76. The normalized spacial score (nSPS) is 21.1. The molecule has 1 aromatic rings. The highest BCUT2D eigenvalue weighted by Crippen LogP contribution is 2.26. The lowest BCUT2D eigenvalue weighted by Crippen LogP contribution is -2.38. The van der Waals surface area contributed by atoms with E-state index in [9.17, 15) is 9.90 Å². The minimum Gasteiger partial charge on any atom is -0.393 e. The second-order valence-corrected chi connectivity index (χ2v) is 5.86. The summed E-state index contributed by atoms with van der Waals surface area (Å²) in [5.41, 5.74) is 2.35. The van der Waals surface area contributed by atoms with Crippen LogP contribution in [0.1, 0.15) is 24.8 Å². The van der Waals surface area contributed by atoms with E-state index in [4.69, 9.17) is 0 Å². The Hall–Kier alpha value is -1.55. The van der Waals surface area contributed by atoms with Crippen LogP contribution in [0.25, 0.3) is 0 Å². The molecular weight excluding hydrogens is 252 g/mol. The molecule has 4 heteroatoms. The number of benzene rings is 1. The molecule has 2 N–H and O–H groups in total. The van der Waals surface area contributed by atoms with E-state index in [1.54, 1.807) is 0 Å². The number of aliphatic hydroxyl groups excluding tert-OH is 1. The Kier molecular flexibility index (Phi) is 5.01. The van der Waals surface area contributed by atoms with E-state index in [1.807, 2.05) is 14.1 Å². The minimum atomic E-state index is -0.146. The van der Waals surface area contributed by atoms with Gasteiger partial charge in [-0.3, -0.25) is 4.79 Å².